The van der Waals surface area contributed by atoms with Gasteiger partial charge in [0, 0.05) is 17.4 Å². The molecule has 0 aromatic carbocycles. The first-order chi connectivity index (χ1) is 11.6. The Morgan fingerprint density at radius 2 is 1.96 bits per heavy atom. The molecule has 4 heteroatoms. The average molecular weight is 346 g/mol. The third-order valence-electron chi connectivity index (χ3n) is 7.32. The van der Waals surface area contributed by atoms with Gasteiger partial charge in [0.2, 0.25) is 0 Å². The number of carbonyl (C=O) groups is 2. The first-order valence-corrected chi connectivity index (χ1v) is 9.27. The van der Waals surface area contributed by atoms with Gasteiger partial charge in [-0.2, -0.15) is 0 Å². The van der Waals surface area contributed by atoms with Crippen molar-refractivity contribution in [1.29, 1.82) is 0 Å². The topological polar surface area (TPSA) is 63.6 Å². The molecule has 0 spiro atoms. The molecule has 0 unspecified atom stereocenters. The Morgan fingerprint density at radius 1 is 1.28 bits per heavy atom. The van der Waals surface area contributed by atoms with Crippen LogP contribution < -0.4 is 0 Å². The van der Waals surface area contributed by atoms with Gasteiger partial charge in [0.25, 0.3) is 0 Å². The van der Waals surface area contributed by atoms with Gasteiger partial charge in [-0.25, -0.2) is 0 Å². The fourth-order valence-corrected chi connectivity index (χ4v) is 5.72. The minimum absolute atomic E-state index is 0.0326. The fraction of sp³-hybridized carbons (Fsp3) is 0.714. The van der Waals surface area contributed by atoms with Crippen LogP contribution in [0.5, 0.6) is 0 Å². The molecule has 2 saturated carbocycles. The summed E-state index contributed by atoms with van der Waals surface area (Å²) in [6.07, 6.45) is 7.39. The zero-order chi connectivity index (χ0) is 18.7. The number of rotatable bonds is 2. The fourth-order valence-electron chi connectivity index (χ4n) is 5.72. The van der Waals surface area contributed by atoms with Gasteiger partial charge >= 0.3 is 5.97 Å². The van der Waals surface area contributed by atoms with Gasteiger partial charge in [0.15, 0.2) is 5.78 Å². The predicted molar refractivity (Wildman–Crippen MR) is 95.8 cm³/mol. The first kappa shape index (κ1) is 18.4. The van der Waals surface area contributed by atoms with Crippen LogP contribution in [0, 0.1) is 22.2 Å². The number of hydrogen-bond acceptors (Lipinski definition) is 4. The highest BCUT2D eigenvalue weighted by Gasteiger charge is 2.70. The van der Waals surface area contributed by atoms with E-state index in [0.717, 1.165) is 12.8 Å². The standard InChI is InChI=1S/C21H30O4/c1-6-19(4)10-11-21(24)14(13-19)15(22)12-16-18(2,3)8-7-9-20(16,21)17(23)25-5/h6,13,16,24H,1,7-12H2,2-5H3/t16-,19-,20-,21+/m0/s1. The van der Waals surface area contributed by atoms with Crippen molar-refractivity contribution in [2.45, 2.75) is 64.9 Å². The molecule has 3 aliphatic rings. The average Bonchev–Trinajstić information content (AvgIpc) is 2.57. The van der Waals surface area contributed by atoms with Crippen molar-refractivity contribution in [3.63, 3.8) is 0 Å². The van der Waals surface area contributed by atoms with Gasteiger partial charge in [-0.05, 0) is 37.0 Å². The van der Waals surface area contributed by atoms with E-state index in [2.05, 4.69) is 20.4 Å². The lowest BCUT2D eigenvalue weighted by molar-refractivity contribution is -0.205. The largest absolute Gasteiger partial charge is 0.468 e. The molecule has 0 saturated heterocycles. The summed E-state index contributed by atoms with van der Waals surface area (Å²) in [5, 5.41) is 11.8. The minimum atomic E-state index is -1.44. The van der Waals surface area contributed by atoms with Crippen LogP contribution in [0.2, 0.25) is 0 Å². The Kier molecular flexibility index (Phi) is 4.07. The molecule has 4 atom stereocenters. The Balaban J connectivity index is 2.25. The molecule has 3 rings (SSSR count). The SMILES string of the molecule is C=C[C@]1(C)C=C2C(=O)C[C@H]3C(C)(C)CCC[C@]3(C(=O)OC)[C@@]2(O)CC1. The van der Waals surface area contributed by atoms with Crippen LogP contribution in [0.4, 0.5) is 0 Å². The Bertz CT molecular complexity index is 661. The molecular weight excluding hydrogens is 316 g/mol. The predicted octanol–water partition coefficient (Wildman–Crippen LogP) is 3.59. The number of aliphatic hydroxyl groups is 1. The highest BCUT2D eigenvalue weighted by molar-refractivity contribution is 6.02. The van der Waals surface area contributed by atoms with E-state index >= 15 is 0 Å². The maximum absolute atomic E-state index is 13.1. The molecule has 1 N–H and O–H groups in total. The number of allylic oxidation sites excluding steroid dienone is 2. The molecule has 0 aromatic rings. The normalized spacial score (nSPS) is 42.7. The molecule has 2 fully saturated rings. The van der Waals surface area contributed by atoms with Crippen molar-refractivity contribution < 1.29 is 19.4 Å². The van der Waals surface area contributed by atoms with E-state index in [9.17, 15) is 14.7 Å². The van der Waals surface area contributed by atoms with Crippen molar-refractivity contribution in [2.75, 3.05) is 7.11 Å². The molecule has 0 aromatic heterocycles. The number of esters is 1. The van der Waals surface area contributed by atoms with Crippen molar-refractivity contribution in [1.82, 2.24) is 0 Å². The van der Waals surface area contributed by atoms with E-state index in [4.69, 9.17) is 4.74 Å². The van der Waals surface area contributed by atoms with Crippen molar-refractivity contribution in [2.24, 2.45) is 22.2 Å². The van der Waals surface area contributed by atoms with Crippen LogP contribution >= 0.6 is 0 Å². The lowest BCUT2D eigenvalue weighted by atomic mass is 9.42. The molecular formula is C21H30O4. The van der Waals surface area contributed by atoms with Gasteiger partial charge < -0.3 is 9.84 Å². The van der Waals surface area contributed by atoms with Gasteiger partial charge in [-0.15, -0.1) is 6.58 Å². The molecule has 0 bridgehead atoms. The number of hydrogen-bond donors (Lipinski definition) is 1. The molecule has 0 heterocycles. The zero-order valence-corrected chi connectivity index (χ0v) is 15.9. The molecule has 138 valence electrons. The van der Waals surface area contributed by atoms with Crippen molar-refractivity contribution in [3.8, 4) is 0 Å². The van der Waals surface area contributed by atoms with E-state index in [1.807, 2.05) is 19.1 Å². The summed E-state index contributed by atoms with van der Waals surface area (Å²) in [7, 11) is 1.38. The van der Waals surface area contributed by atoms with Gasteiger partial charge in [-0.1, -0.05) is 39.3 Å². The van der Waals surface area contributed by atoms with Crippen LogP contribution in [0.1, 0.15) is 59.3 Å². The summed E-state index contributed by atoms with van der Waals surface area (Å²) < 4.78 is 5.21. The quantitative estimate of drug-likeness (QED) is 0.613. The summed E-state index contributed by atoms with van der Waals surface area (Å²) in [4.78, 5) is 26.1. The lowest BCUT2D eigenvalue weighted by Crippen LogP contribution is -2.68. The highest BCUT2D eigenvalue weighted by Crippen LogP contribution is 2.65. The third-order valence-corrected chi connectivity index (χ3v) is 7.32. The zero-order valence-electron chi connectivity index (χ0n) is 15.9. The van der Waals surface area contributed by atoms with E-state index in [0.29, 0.717) is 31.3 Å². The van der Waals surface area contributed by atoms with Crippen LogP contribution in [-0.2, 0) is 14.3 Å². The Hall–Kier alpha value is -1.42. The molecule has 0 amide bonds. The van der Waals surface area contributed by atoms with Crippen LogP contribution in [0.25, 0.3) is 0 Å². The van der Waals surface area contributed by atoms with Crippen molar-refractivity contribution in [3.05, 3.63) is 24.3 Å². The summed E-state index contributed by atoms with van der Waals surface area (Å²) >= 11 is 0. The van der Waals surface area contributed by atoms with E-state index < -0.39 is 11.0 Å². The van der Waals surface area contributed by atoms with E-state index in [1.54, 1.807) is 0 Å². The van der Waals surface area contributed by atoms with E-state index in [1.165, 1.54) is 7.11 Å². The Labute approximate surface area is 150 Å². The van der Waals surface area contributed by atoms with Gasteiger partial charge in [0.05, 0.1) is 7.11 Å². The monoisotopic (exact) mass is 346 g/mol. The van der Waals surface area contributed by atoms with E-state index in [-0.39, 0.29) is 28.5 Å². The number of ketones is 1. The summed E-state index contributed by atoms with van der Waals surface area (Å²) in [5.41, 5.74) is -2.60. The second-order valence-electron chi connectivity index (χ2n) is 9.11. The third kappa shape index (κ3) is 2.29. The molecule has 4 nitrogen and oxygen atoms in total. The van der Waals surface area contributed by atoms with Crippen LogP contribution in [0.15, 0.2) is 24.3 Å². The maximum Gasteiger partial charge on any atom is 0.315 e. The molecule has 3 aliphatic carbocycles. The number of fused-ring (bicyclic) bond motifs is 3. The number of carbonyl (C=O) groups excluding carboxylic acids is 2. The van der Waals surface area contributed by atoms with Crippen LogP contribution in [0.3, 0.4) is 0 Å². The highest BCUT2D eigenvalue weighted by atomic mass is 16.5. The van der Waals surface area contributed by atoms with Gasteiger partial charge in [0.1, 0.15) is 11.0 Å². The van der Waals surface area contributed by atoms with Crippen LogP contribution in [-0.4, -0.2) is 29.6 Å². The Morgan fingerprint density at radius 3 is 2.56 bits per heavy atom. The van der Waals surface area contributed by atoms with Gasteiger partial charge in [-0.3, -0.25) is 9.59 Å². The molecule has 25 heavy (non-hydrogen) atoms. The smallest absolute Gasteiger partial charge is 0.315 e. The summed E-state index contributed by atoms with van der Waals surface area (Å²) in [6.45, 7) is 10.1. The lowest BCUT2D eigenvalue weighted by Gasteiger charge is -2.61. The second kappa shape index (κ2) is 5.54. The maximum atomic E-state index is 13.1. The summed E-state index contributed by atoms with van der Waals surface area (Å²) in [5.74, 6) is -0.605. The first-order valence-electron chi connectivity index (χ1n) is 9.27. The van der Waals surface area contributed by atoms with Crippen molar-refractivity contribution >= 4 is 11.8 Å². The molecule has 0 aliphatic heterocycles. The minimum Gasteiger partial charge on any atom is -0.468 e. The number of Topliss-reactive ketones (excluding diaryl/α,β-unsaturated/α-hetero) is 1. The molecule has 0 radical (unpaired) electrons. The number of ether oxygens (including phenoxy) is 1. The summed E-state index contributed by atoms with van der Waals surface area (Å²) in [6, 6.07) is 0. The number of methoxy groups -OCH3 is 1. The second-order valence-corrected chi connectivity index (χ2v) is 9.11.